The van der Waals surface area contributed by atoms with Gasteiger partial charge in [0, 0.05) is 11.8 Å². The molecule has 0 radical (unpaired) electrons. The number of carbonyl (C=O) groups excluding carboxylic acids is 1. The molecule has 2 fully saturated rings. The van der Waals surface area contributed by atoms with Crippen molar-refractivity contribution in [1.29, 1.82) is 0 Å². The summed E-state index contributed by atoms with van der Waals surface area (Å²) in [5, 5.41) is 9.04. The van der Waals surface area contributed by atoms with Crippen LogP contribution >= 0.6 is 0 Å². The van der Waals surface area contributed by atoms with Crippen LogP contribution in [0.15, 0.2) is 0 Å². The molecule has 1 heterocycles. The lowest BCUT2D eigenvalue weighted by Gasteiger charge is -2.45. The van der Waals surface area contributed by atoms with Crippen molar-refractivity contribution in [2.45, 2.75) is 45.1 Å². The lowest BCUT2D eigenvalue weighted by Crippen LogP contribution is -2.65. The Bertz CT molecular complexity index is 397. The summed E-state index contributed by atoms with van der Waals surface area (Å²) in [4.78, 5) is 23.5. The molecule has 3 N–H and O–H groups in total. The van der Waals surface area contributed by atoms with E-state index in [4.69, 9.17) is 15.6 Å². The second-order valence-electron chi connectivity index (χ2n) is 6.65. The second kappa shape index (κ2) is 6.75. The number of carboxylic acids is 1. The standard InChI is InChI=1S/C15H26N2O4/c1-2-21-15(20)17(8-11-4-3-5-11)9-12(7-14(18)19)6-13(16)10-17/h11-13H,2-10,16H2,1H3/p+1. The van der Waals surface area contributed by atoms with Crippen LogP contribution in [0.2, 0.25) is 0 Å². The molecule has 2 aliphatic rings. The van der Waals surface area contributed by atoms with Gasteiger partial charge < -0.3 is 15.6 Å². The molecule has 1 aliphatic heterocycles. The summed E-state index contributed by atoms with van der Waals surface area (Å²) in [6, 6.07) is -0.132. The number of nitrogens with zero attached hydrogens (tertiary/aromatic N) is 1. The number of carbonyl (C=O) groups is 2. The Labute approximate surface area is 125 Å². The summed E-state index contributed by atoms with van der Waals surface area (Å²) in [5.41, 5.74) is 6.13. The van der Waals surface area contributed by atoms with Crippen LogP contribution in [0.25, 0.3) is 0 Å². The third kappa shape index (κ3) is 3.95. The second-order valence-corrected chi connectivity index (χ2v) is 6.65. The van der Waals surface area contributed by atoms with E-state index in [0.717, 1.165) is 19.4 Å². The number of hydrogen-bond donors (Lipinski definition) is 2. The Morgan fingerprint density at radius 2 is 2.00 bits per heavy atom. The first-order valence-corrected chi connectivity index (χ1v) is 7.96. The molecule has 6 heteroatoms. The van der Waals surface area contributed by atoms with Gasteiger partial charge in [-0.2, -0.15) is 4.79 Å². The zero-order valence-electron chi connectivity index (χ0n) is 12.8. The first-order chi connectivity index (χ1) is 9.95. The molecule has 1 amide bonds. The summed E-state index contributed by atoms with van der Waals surface area (Å²) in [7, 11) is 0. The maximum atomic E-state index is 12.5. The number of rotatable bonds is 5. The van der Waals surface area contributed by atoms with Gasteiger partial charge in [0.25, 0.3) is 0 Å². The van der Waals surface area contributed by atoms with Gasteiger partial charge in [-0.3, -0.25) is 4.79 Å². The predicted molar refractivity (Wildman–Crippen MR) is 77.6 cm³/mol. The molecular formula is C15H27N2O4+. The van der Waals surface area contributed by atoms with Crippen molar-refractivity contribution in [3.8, 4) is 0 Å². The number of likely N-dealkylation sites (tertiary alicyclic amines) is 1. The predicted octanol–water partition coefficient (Wildman–Crippen LogP) is 1.58. The fraction of sp³-hybridized carbons (Fsp3) is 0.867. The highest BCUT2D eigenvalue weighted by Crippen LogP contribution is 2.34. The van der Waals surface area contributed by atoms with E-state index in [1.807, 2.05) is 0 Å². The molecule has 1 aliphatic carbocycles. The molecule has 0 spiro atoms. The minimum absolute atomic E-state index is 0.0456. The van der Waals surface area contributed by atoms with Crippen molar-refractivity contribution in [2.24, 2.45) is 17.6 Å². The third-order valence-corrected chi connectivity index (χ3v) is 4.78. The zero-order valence-corrected chi connectivity index (χ0v) is 12.8. The quantitative estimate of drug-likeness (QED) is 0.752. The molecule has 21 heavy (non-hydrogen) atoms. The average Bonchev–Trinajstić information content (AvgIpc) is 2.32. The molecule has 0 aromatic heterocycles. The van der Waals surface area contributed by atoms with Gasteiger partial charge in [0.2, 0.25) is 0 Å². The van der Waals surface area contributed by atoms with E-state index >= 15 is 0 Å². The third-order valence-electron chi connectivity index (χ3n) is 4.78. The number of quaternary nitrogens is 1. The lowest BCUT2D eigenvalue weighted by atomic mass is 9.82. The van der Waals surface area contributed by atoms with E-state index < -0.39 is 5.97 Å². The first kappa shape index (κ1) is 16.2. The number of carboxylic acid groups (broad SMARTS) is 1. The topological polar surface area (TPSA) is 89.6 Å². The highest BCUT2D eigenvalue weighted by atomic mass is 16.6. The Morgan fingerprint density at radius 3 is 2.52 bits per heavy atom. The van der Waals surface area contributed by atoms with Crippen molar-refractivity contribution < 1.29 is 23.9 Å². The SMILES string of the molecule is CCOC(=O)[N+]1(CC2CCC2)CC(N)CC(CC(=O)O)C1. The zero-order chi connectivity index (χ0) is 15.5. The van der Waals surface area contributed by atoms with Crippen LogP contribution in [0.3, 0.4) is 0 Å². The van der Waals surface area contributed by atoms with Crippen molar-refractivity contribution in [1.82, 2.24) is 0 Å². The van der Waals surface area contributed by atoms with Crippen molar-refractivity contribution in [3.63, 3.8) is 0 Å². The van der Waals surface area contributed by atoms with Crippen LogP contribution in [-0.2, 0) is 9.53 Å². The van der Waals surface area contributed by atoms with E-state index in [1.165, 1.54) is 6.42 Å². The van der Waals surface area contributed by atoms with Gasteiger partial charge in [-0.1, -0.05) is 6.42 Å². The lowest BCUT2D eigenvalue weighted by molar-refractivity contribution is -0.871. The molecule has 0 aromatic rings. The van der Waals surface area contributed by atoms with Gasteiger partial charge in [0.05, 0.1) is 32.2 Å². The Balaban J connectivity index is 2.14. The molecule has 1 saturated carbocycles. The fourth-order valence-electron chi connectivity index (χ4n) is 3.79. The summed E-state index contributed by atoms with van der Waals surface area (Å²) < 4.78 is 5.51. The Kier molecular flexibility index (Phi) is 5.22. The van der Waals surface area contributed by atoms with Gasteiger partial charge >= 0.3 is 12.1 Å². The molecule has 0 bridgehead atoms. The van der Waals surface area contributed by atoms with Gasteiger partial charge in [-0.15, -0.1) is 0 Å². The van der Waals surface area contributed by atoms with E-state index in [0.29, 0.717) is 32.0 Å². The van der Waals surface area contributed by atoms with Crippen molar-refractivity contribution in [2.75, 3.05) is 26.2 Å². The molecule has 0 aromatic carbocycles. The Hall–Kier alpha value is -1.14. The van der Waals surface area contributed by atoms with Crippen LogP contribution in [-0.4, -0.2) is 53.9 Å². The first-order valence-electron chi connectivity index (χ1n) is 7.96. The van der Waals surface area contributed by atoms with E-state index in [-0.39, 0.29) is 29.0 Å². The molecule has 120 valence electrons. The maximum Gasteiger partial charge on any atom is 0.516 e. The smallest absolute Gasteiger partial charge is 0.481 e. The average molecular weight is 299 g/mol. The van der Waals surface area contributed by atoms with Gasteiger partial charge in [-0.25, -0.2) is 4.48 Å². The highest BCUT2D eigenvalue weighted by molar-refractivity contribution is 5.67. The molecule has 3 unspecified atom stereocenters. The molecule has 1 saturated heterocycles. The summed E-state index contributed by atoms with van der Waals surface area (Å²) in [5.74, 6) is -0.319. The molecular weight excluding hydrogens is 272 g/mol. The van der Waals surface area contributed by atoms with Gasteiger partial charge in [-0.05, 0) is 26.2 Å². The van der Waals surface area contributed by atoms with E-state index in [9.17, 15) is 9.59 Å². The van der Waals surface area contributed by atoms with Crippen molar-refractivity contribution in [3.05, 3.63) is 0 Å². The normalized spacial score (nSPS) is 33.2. The van der Waals surface area contributed by atoms with Crippen LogP contribution in [0.1, 0.15) is 39.0 Å². The monoisotopic (exact) mass is 299 g/mol. The largest absolute Gasteiger partial charge is 0.516 e. The minimum Gasteiger partial charge on any atom is -0.481 e. The molecule has 2 rings (SSSR count). The van der Waals surface area contributed by atoms with Gasteiger partial charge in [0.15, 0.2) is 0 Å². The van der Waals surface area contributed by atoms with Crippen LogP contribution in [0.5, 0.6) is 0 Å². The molecule has 3 atom stereocenters. The minimum atomic E-state index is -0.820. The van der Waals surface area contributed by atoms with E-state index in [2.05, 4.69) is 0 Å². The Morgan fingerprint density at radius 1 is 1.29 bits per heavy atom. The number of ether oxygens (including phenoxy) is 1. The number of piperidine rings is 1. The fourth-order valence-corrected chi connectivity index (χ4v) is 3.79. The maximum absolute atomic E-state index is 12.5. The molecule has 6 nitrogen and oxygen atoms in total. The van der Waals surface area contributed by atoms with Crippen LogP contribution in [0.4, 0.5) is 4.79 Å². The van der Waals surface area contributed by atoms with E-state index in [1.54, 1.807) is 6.92 Å². The van der Waals surface area contributed by atoms with Crippen LogP contribution in [0, 0.1) is 11.8 Å². The summed E-state index contributed by atoms with van der Waals surface area (Å²) >= 11 is 0. The highest BCUT2D eigenvalue weighted by Gasteiger charge is 2.48. The van der Waals surface area contributed by atoms with Crippen molar-refractivity contribution >= 4 is 12.1 Å². The summed E-state index contributed by atoms with van der Waals surface area (Å²) in [6.07, 6.45) is 4.05. The number of amides is 1. The van der Waals surface area contributed by atoms with Crippen LogP contribution < -0.4 is 5.73 Å². The number of nitrogens with two attached hydrogens (primary N) is 1. The summed E-state index contributed by atoms with van der Waals surface area (Å²) in [6.45, 7) is 4.03. The number of aliphatic carboxylic acids is 1. The van der Waals surface area contributed by atoms with Gasteiger partial charge in [0.1, 0.15) is 6.54 Å². The number of hydrogen-bond acceptors (Lipinski definition) is 4.